The van der Waals surface area contributed by atoms with Crippen LogP contribution in [0.1, 0.15) is 49.9 Å². The van der Waals surface area contributed by atoms with Crippen molar-refractivity contribution < 1.29 is 9.53 Å². The monoisotopic (exact) mass is 312 g/mol. The Morgan fingerprint density at radius 3 is 2.74 bits per heavy atom. The van der Waals surface area contributed by atoms with Gasteiger partial charge in [0.05, 0.1) is 18.0 Å². The molecule has 1 unspecified atom stereocenters. The lowest BCUT2D eigenvalue weighted by atomic mass is 9.94. The summed E-state index contributed by atoms with van der Waals surface area (Å²) in [4.78, 5) is 11.5. The Labute approximate surface area is 137 Å². The first-order valence-electron chi connectivity index (χ1n) is 8.06. The number of carbonyl (C=O) groups excluding carboxylic acids is 1. The van der Waals surface area contributed by atoms with E-state index >= 15 is 0 Å². The van der Waals surface area contributed by atoms with Gasteiger partial charge >= 0.3 is 5.97 Å². The van der Waals surface area contributed by atoms with E-state index in [1.54, 1.807) is 13.0 Å². The van der Waals surface area contributed by atoms with Crippen LogP contribution in [0.15, 0.2) is 36.5 Å². The first-order chi connectivity index (χ1) is 11.0. The first kappa shape index (κ1) is 17.0. The number of carbonyl (C=O) groups is 1. The maximum Gasteiger partial charge on any atom is 0.330 e. The van der Waals surface area contributed by atoms with Gasteiger partial charge in [0, 0.05) is 12.3 Å². The summed E-state index contributed by atoms with van der Waals surface area (Å²) in [6.07, 6.45) is 6.28. The van der Waals surface area contributed by atoms with Crippen molar-refractivity contribution in [3.05, 3.63) is 53.4 Å². The topological polar surface area (TPSA) is 44.1 Å². The van der Waals surface area contributed by atoms with Gasteiger partial charge in [0.2, 0.25) is 0 Å². The maximum absolute atomic E-state index is 11.5. The van der Waals surface area contributed by atoms with E-state index in [-0.39, 0.29) is 5.97 Å². The highest BCUT2D eigenvalue weighted by Crippen LogP contribution is 2.27. The third-order valence-corrected chi connectivity index (χ3v) is 3.86. The fraction of sp³-hybridized carbons (Fsp3) is 0.368. The summed E-state index contributed by atoms with van der Waals surface area (Å²) in [5.74, 6) is 0.0924. The summed E-state index contributed by atoms with van der Waals surface area (Å²) in [5, 5.41) is 4.51. The maximum atomic E-state index is 11.5. The van der Waals surface area contributed by atoms with Gasteiger partial charge in [0.25, 0.3) is 0 Å². The van der Waals surface area contributed by atoms with E-state index in [1.165, 1.54) is 11.6 Å². The van der Waals surface area contributed by atoms with Gasteiger partial charge in [-0.15, -0.1) is 0 Å². The molecular formula is C19H24N2O2. The number of ether oxygens (including phenoxy) is 1. The van der Waals surface area contributed by atoms with E-state index in [9.17, 15) is 4.79 Å². The molecule has 23 heavy (non-hydrogen) atoms. The number of hydrogen-bond acceptors (Lipinski definition) is 3. The molecule has 0 N–H and O–H groups in total. The van der Waals surface area contributed by atoms with E-state index in [0.717, 1.165) is 23.4 Å². The lowest BCUT2D eigenvalue weighted by Gasteiger charge is -2.16. The molecule has 4 heteroatoms. The molecule has 0 saturated heterocycles. The molecule has 0 aliphatic carbocycles. The summed E-state index contributed by atoms with van der Waals surface area (Å²) in [6.45, 7) is 8.54. The predicted molar refractivity (Wildman–Crippen MR) is 92.7 cm³/mol. The number of hydrogen-bond donors (Lipinski definition) is 0. The molecule has 0 saturated carbocycles. The molecule has 122 valence electrons. The van der Waals surface area contributed by atoms with Crippen molar-refractivity contribution in [3.8, 4) is 5.69 Å². The number of aromatic nitrogens is 2. The van der Waals surface area contributed by atoms with Gasteiger partial charge in [0.1, 0.15) is 0 Å². The quantitative estimate of drug-likeness (QED) is 0.591. The molecule has 0 aliphatic rings. The highest BCUT2D eigenvalue weighted by Gasteiger charge is 2.12. The largest absolute Gasteiger partial charge is 0.463 e. The van der Waals surface area contributed by atoms with Crippen LogP contribution in [0.25, 0.3) is 11.8 Å². The van der Waals surface area contributed by atoms with Crippen LogP contribution in [0.2, 0.25) is 0 Å². The van der Waals surface area contributed by atoms with E-state index in [4.69, 9.17) is 4.74 Å². The molecule has 0 aliphatic heterocycles. The van der Waals surface area contributed by atoms with Crippen molar-refractivity contribution >= 4 is 12.0 Å². The first-order valence-corrected chi connectivity index (χ1v) is 8.06. The number of aryl methyl sites for hydroxylation is 1. The van der Waals surface area contributed by atoms with Crippen molar-refractivity contribution in [2.45, 2.75) is 40.0 Å². The van der Waals surface area contributed by atoms with Gasteiger partial charge in [-0.1, -0.05) is 19.9 Å². The molecular weight excluding hydrogens is 288 g/mol. The molecule has 0 fully saturated rings. The SMILES string of the molecule is CCOC(=O)/C=C/c1ccc(-n2ccc(C)n2)c(C(C)CC)c1. The Morgan fingerprint density at radius 2 is 2.13 bits per heavy atom. The van der Waals surface area contributed by atoms with Crippen LogP contribution in [0.3, 0.4) is 0 Å². The molecule has 1 atom stereocenters. The van der Waals surface area contributed by atoms with Crippen molar-refractivity contribution in [1.29, 1.82) is 0 Å². The number of nitrogens with zero attached hydrogens (tertiary/aromatic N) is 2. The molecule has 2 aromatic rings. The van der Waals surface area contributed by atoms with Gasteiger partial charge < -0.3 is 4.74 Å². The van der Waals surface area contributed by atoms with Gasteiger partial charge in [-0.05, 0) is 61.6 Å². The van der Waals surface area contributed by atoms with E-state index in [2.05, 4.69) is 31.1 Å². The molecule has 1 heterocycles. The average Bonchev–Trinajstić information content (AvgIpc) is 2.98. The summed E-state index contributed by atoms with van der Waals surface area (Å²) in [6, 6.07) is 8.16. The van der Waals surface area contributed by atoms with Crippen LogP contribution in [-0.4, -0.2) is 22.4 Å². The third-order valence-electron chi connectivity index (χ3n) is 3.86. The predicted octanol–water partition coefficient (Wildman–Crippen LogP) is 4.27. The highest BCUT2D eigenvalue weighted by atomic mass is 16.5. The lowest BCUT2D eigenvalue weighted by Crippen LogP contribution is -2.04. The van der Waals surface area contributed by atoms with Crippen LogP contribution in [0, 0.1) is 6.92 Å². The second-order valence-corrected chi connectivity index (χ2v) is 5.61. The van der Waals surface area contributed by atoms with Crippen LogP contribution in [-0.2, 0) is 9.53 Å². The fourth-order valence-electron chi connectivity index (χ4n) is 2.40. The zero-order chi connectivity index (χ0) is 16.8. The van der Waals surface area contributed by atoms with Crippen LogP contribution >= 0.6 is 0 Å². The van der Waals surface area contributed by atoms with Crippen molar-refractivity contribution in [2.75, 3.05) is 6.61 Å². The number of rotatable bonds is 6. The second kappa shape index (κ2) is 7.77. The van der Waals surface area contributed by atoms with E-state index in [1.807, 2.05) is 29.9 Å². The van der Waals surface area contributed by atoms with Crippen molar-refractivity contribution in [2.24, 2.45) is 0 Å². The van der Waals surface area contributed by atoms with Gasteiger partial charge in [-0.25, -0.2) is 9.48 Å². The smallest absolute Gasteiger partial charge is 0.330 e. The minimum absolute atomic E-state index is 0.315. The lowest BCUT2D eigenvalue weighted by molar-refractivity contribution is -0.137. The number of benzene rings is 1. The molecule has 0 bridgehead atoms. The molecule has 0 radical (unpaired) electrons. The zero-order valence-electron chi connectivity index (χ0n) is 14.2. The second-order valence-electron chi connectivity index (χ2n) is 5.61. The molecule has 0 spiro atoms. The van der Waals surface area contributed by atoms with Gasteiger partial charge in [-0.3, -0.25) is 0 Å². The van der Waals surface area contributed by atoms with Gasteiger partial charge in [0.15, 0.2) is 0 Å². The normalized spacial score (nSPS) is 12.5. The van der Waals surface area contributed by atoms with Crippen LogP contribution in [0.5, 0.6) is 0 Å². The van der Waals surface area contributed by atoms with Crippen LogP contribution in [0.4, 0.5) is 0 Å². The standard InChI is InChI=1S/C19H24N2O2/c1-5-14(3)17-13-16(8-10-19(22)23-6-2)7-9-18(17)21-12-11-15(4)20-21/h7-14H,5-6H2,1-4H3/b10-8+. The van der Waals surface area contributed by atoms with Crippen molar-refractivity contribution in [1.82, 2.24) is 9.78 Å². The zero-order valence-corrected chi connectivity index (χ0v) is 14.2. The van der Waals surface area contributed by atoms with Gasteiger partial charge in [-0.2, -0.15) is 5.10 Å². The molecule has 1 aromatic carbocycles. The summed E-state index contributed by atoms with van der Waals surface area (Å²) in [5.41, 5.74) is 4.29. The fourth-order valence-corrected chi connectivity index (χ4v) is 2.40. The van der Waals surface area contributed by atoms with E-state index < -0.39 is 0 Å². The Hall–Kier alpha value is -2.36. The van der Waals surface area contributed by atoms with E-state index in [0.29, 0.717) is 12.5 Å². The Bertz CT molecular complexity index is 701. The van der Waals surface area contributed by atoms with Crippen molar-refractivity contribution in [3.63, 3.8) is 0 Å². The minimum atomic E-state index is -0.315. The average molecular weight is 312 g/mol. The molecule has 1 aromatic heterocycles. The van der Waals surface area contributed by atoms with Crippen LogP contribution < -0.4 is 0 Å². The summed E-state index contributed by atoms with van der Waals surface area (Å²) >= 11 is 0. The molecule has 4 nitrogen and oxygen atoms in total. The summed E-state index contributed by atoms with van der Waals surface area (Å²) < 4.78 is 6.83. The minimum Gasteiger partial charge on any atom is -0.463 e. The summed E-state index contributed by atoms with van der Waals surface area (Å²) in [7, 11) is 0. The Morgan fingerprint density at radius 1 is 1.35 bits per heavy atom. The molecule has 0 amide bonds. The number of esters is 1. The Kier molecular flexibility index (Phi) is 5.74. The highest BCUT2D eigenvalue weighted by molar-refractivity contribution is 5.87. The molecule has 2 rings (SSSR count). The Balaban J connectivity index is 2.36. The third kappa shape index (κ3) is 4.31.